The van der Waals surface area contributed by atoms with E-state index in [1.165, 1.54) is 0 Å². The number of carbonyl (C=O) groups is 2. The number of hydrogen-bond donors (Lipinski definition) is 1. The molecule has 0 saturated carbocycles. The number of rotatable bonds is 3. The van der Waals surface area contributed by atoms with Gasteiger partial charge in [-0.15, -0.1) is 0 Å². The summed E-state index contributed by atoms with van der Waals surface area (Å²) >= 11 is 5.85. The zero-order valence-electron chi connectivity index (χ0n) is 14.5. The van der Waals surface area contributed by atoms with Crippen molar-refractivity contribution in [2.45, 2.75) is 39.2 Å². The number of benzene rings is 1. The van der Waals surface area contributed by atoms with Crippen LogP contribution in [0.4, 0.5) is 4.79 Å². The predicted molar refractivity (Wildman–Crippen MR) is 94.3 cm³/mol. The molecular formula is C18H25ClN2O3. The van der Waals surface area contributed by atoms with Gasteiger partial charge in [-0.25, -0.2) is 4.79 Å². The van der Waals surface area contributed by atoms with Crippen molar-refractivity contribution < 1.29 is 14.3 Å². The summed E-state index contributed by atoms with van der Waals surface area (Å²) in [5.74, 6) is 0.400. The summed E-state index contributed by atoms with van der Waals surface area (Å²) in [6, 6.07) is 6.96. The Bertz CT molecular complexity index is 573. The van der Waals surface area contributed by atoms with Crippen LogP contribution < -0.4 is 5.32 Å². The van der Waals surface area contributed by atoms with Gasteiger partial charge in [-0.3, -0.25) is 4.79 Å². The molecule has 0 atom stereocenters. The van der Waals surface area contributed by atoms with Crippen molar-refractivity contribution in [1.82, 2.24) is 10.2 Å². The first kappa shape index (κ1) is 18.6. The first-order chi connectivity index (χ1) is 11.2. The van der Waals surface area contributed by atoms with Gasteiger partial charge in [0.1, 0.15) is 5.60 Å². The first-order valence-electron chi connectivity index (χ1n) is 8.26. The van der Waals surface area contributed by atoms with E-state index in [0.29, 0.717) is 36.1 Å². The summed E-state index contributed by atoms with van der Waals surface area (Å²) in [7, 11) is 0. The van der Waals surface area contributed by atoms with Gasteiger partial charge in [0.15, 0.2) is 0 Å². The van der Waals surface area contributed by atoms with E-state index in [0.717, 1.165) is 12.8 Å². The molecule has 1 aromatic carbocycles. The highest BCUT2D eigenvalue weighted by molar-refractivity contribution is 6.30. The number of ether oxygens (including phenoxy) is 1. The van der Waals surface area contributed by atoms with Crippen LogP contribution in [0.1, 0.15) is 44.0 Å². The van der Waals surface area contributed by atoms with Crippen molar-refractivity contribution in [3.05, 3.63) is 34.9 Å². The van der Waals surface area contributed by atoms with E-state index in [1.54, 1.807) is 24.3 Å². The maximum Gasteiger partial charge on any atom is 0.407 e. The number of amides is 2. The second kappa shape index (κ2) is 7.88. The van der Waals surface area contributed by atoms with Gasteiger partial charge in [0.2, 0.25) is 0 Å². The number of alkyl carbamates (subject to hydrolysis) is 1. The third-order valence-corrected chi connectivity index (χ3v) is 4.18. The largest absolute Gasteiger partial charge is 0.444 e. The molecule has 1 heterocycles. The van der Waals surface area contributed by atoms with Gasteiger partial charge in [0, 0.05) is 30.2 Å². The molecule has 2 rings (SSSR count). The summed E-state index contributed by atoms with van der Waals surface area (Å²) < 4.78 is 5.23. The molecule has 5 nitrogen and oxygen atoms in total. The van der Waals surface area contributed by atoms with Crippen molar-refractivity contribution in [3.8, 4) is 0 Å². The Balaban J connectivity index is 1.76. The van der Waals surface area contributed by atoms with E-state index in [9.17, 15) is 9.59 Å². The molecule has 0 spiro atoms. The molecule has 2 amide bonds. The van der Waals surface area contributed by atoms with Crippen molar-refractivity contribution in [3.63, 3.8) is 0 Å². The molecule has 1 aliphatic heterocycles. The normalized spacial score (nSPS) is 15.9. The number of nitrogens with zero attached hydrogens (tertiary/aromatic N) is 1. The average molecular weight is 353 g/mol. The second-order valence-corrected chi connectivity index (χ2v) is 7.56. The Kier molecular flexibility index (Phi) is 6.10. The topological polar surface area (TPSA) is 58.6 Å². The highest BCUT2D eigenvalue weighted by Crippen LogP contribution is 2.19. The number of hydrogen-bond acceptors (Lipinski definition) is 3. The minimum absolute atomic E-state index is 0.0326. The van der Waals surface area contributed by atoms with E-state index in [-0.39, 0.29) is 12.0 Å². The van der Waals surface area contributed by atoms with Crippen LogP contribution in [-0.4, -0.2) is 42.1 Å². The van der Waals surface area contributed by atoms with Crippen LogP contribution >= 0.6 is 11.6 Å². The fraction of sp³-hybridized carbons (Fsp3) is 0.556. The lowest BCUT2D eigenvalue weighted by Gasteiger charge is -2.32. The number of carbonyl (C=O) groups excluding carboxylic acids is 2. The van der Waals surface area contributed by atoms with E-state index >= 15 is 0 Å². The van der Waals surface area contributed by atoms with E-state index in [4.69, 9.17) is 16.3 Å². The molecule has 1 aromatic rings. The highest BCUT2D eigenvalue weighted by atomic mass is 35.5. The van der Waals surface area contributed by atoms with Crippen molar-refractivity contribution in [1.29, 1.82) is 0 Å². The maximum atomic E-state index is 12.4. The molecule has 0 bridgehead atoms. The SMILES string of the molecule is CC(C)(C)OC(=O)NCC1CCN(C(=O)c2ccc(Cl)cc2)CC1. The van der Waals surface area contributed by atoms with E-state index in [1.807, 2.05) is 25.7 Å². The molecule has 6 heteroatoms. The zero-order chi connectivity index (χ0) is 17.7. The summed E-state index contributed by atoms with van der Waals surface area (Å²) in [4.78, 5) is 26.0. The molecule has 1 aliphatic rings. The van der Waals surface area contributed by atoms with Crippen LogP contribution in [0.5, 0.6) is 0 Å². The quantitative estimate of drug-likeness (QED) is 0.902. The fourth-order valence-corrected chi connectivity index (χ4v) is 2.78. The van der Waals surface area contributed by atoms with Gasteiger partial charge in [0.05, 0.1) is 0 Å². The third kappa shape index (κ3) is 5.71. The molecule has 0 aliphatic carbocycles. The first-order valence-corrected chi connectivity index (χ1v) is 8.64. The minimum Gasteiger partial charge on any atom is -0.444 e. The van der Waals surface area contributed by atoms with E-state index in [2.05, 4.69) is 5.32 Å². The van der Waals surface area contributed by atoms with Gasteiger partial charge in [-0.1, -0.05) is 11.6 Å². The van der Waals surface area contributed by atoms with Crippen LogP contribution in [-0.2, 0) is 4.74 Å². The number of halogens is 1. The standard InChI is InChI=1S/C18H25ClN2O3/c1-18(2,3)24-17(23)20-12-13-8-10-21(11-9-13)16(22)14-4-6-15(19)7-5-14/h4-7,13H,8-12H2,1-3H3,(H,20,23). The Hall–Kier alpha value is -1.75. The zero-order valence-corrected chi connectivity index (χ0v) is 15.2. The highest BCUT2D eigenvalue weighted by Gasteiger charge is 2.24. The summed E-state index contributed by atoms with van der Waals surface area (Å²) in [5.41, 5.74) is 0.170. The minimum atomic E-state index is -0.488. The van der Waals surface area contributed by atoms with Crippen LogP contribution in [0.15, 0.2) is 24.3 Å². The van der Waals surface area contributed by atoms with E-state index < -0.39 is 5.60 Å². The molecule has 24 heavy (non-hydrogen) atoms. The van der Waals surface area contributed by atoms with Crippen molar-refractivity contribution in [2.24, 2.45) is 5.92 Å². The Labute approximate surface area is 148 Å². The van der Waals surface area contributed by atoms with Crippen LogP contribution in [0.2, 0.25) is 5.02 Å². The number of piperidine rings is 1. The van der Waals surface area contributed by atoms with Crippen LogP contribution in [0.3, 0.4) is 0 Å². The van der Waals surface area contributed by atoms with Gasteiger partial charge >= 0.3 is 6.09 Å². The maximum absolute atomic E-state index is 12.4. The molecule has 132 valence electrons. The van der Waals surface area contributed by atoms with Crippen molar-refractivity contribution >= 4 is 23.6 Å². The van der Waals surface area contributed by atoms with Gasteiger partial charge in [0.25, 0.3) is 5.91 Å². The molecule has 1 saturated heterocycles. The number of likely N-dealkylation sites (tertiary alicyclic amines) is 1. The molecule has 1 fully saturated rings. The molecule has 1 N–H and O–H groups in total. The summed E-state index contributed by atoms with van der Waals surface area (Å²) in [5, 5.41) is 3.44. The van der Waals surface area contributed by atoms with Crippen LogP contribution in [0, 0.1) is 5.92 Å². The second-order valence-electron chi connectivity index (χ2n) is 7.13. The lowest BCUT2D eigenvalue weighted by Crippen LogP contribution is -2.42. The summed E-state index contributed by atoms with van der Waals surface area (Å²) in [6.45, 7) is 7.50. The Morgan fingerprint density at radius 3 is 2.33 bits per heavy atom. The lowest BCUT2D eigenvalue weighted by atomic mass is 9.96. The Morgan fingerprint density at radius 1 is 1.21 bits per heavy atom. The van der Waals surface area contributed by atoms with Crippen LogP contribution in [0.25, 0.3) is 0 Å². The average Bonchev–Trinajstić information content (AvgIpc) is 2.52. The molecular weight excluding hydrogens is 328 g/mol. The van der Waals surface area contributed by atoms with Gasteiger partial charge in [-0.2, -0.15) is 0 Å². The molecule has 0 aromatic heterocycles. The predicted octanol–water partition coefficient (Wildman–Crippen LogP) is 3.72. The smallest absolute Gasteiger partial charge is 0.407 e. The Morgan fingerprint density at radius 2 is 1.79 bits per heavy atom. The van der Waals surface area contributed by atoms with Gasteiger partial charge < -0.3 is 15.0 Å². The molecule has 0 radical (unpaired) electrons. The van der Waals surface area contributed by atoms with Crippen molar-refractivity contribution in [2.75, 3.05) is 19.6 Å². The monoisotopic (exact) mass is 352 g/mol. The third-order valence-electron chi connectivity index (χ3n) is 3.93. The summed E-state index contributed by atoms with van der Waals surface area (Å²) in [6.07, 6.45) is 1.35. The fourth-order valence-electron chi connectivity index (χ4n) is 2.66. The van der Waals surface area contributed by atoms with Gasteiger partial charge in [-0.05, 0) is 63.8 Å². The number of nitrogens with one attached hydrogen (secondary N) is 1. The lowest BCUT2D eigenvalue weighted by molar-refractivity contribution is 0.0500. The molecule has 0 unspecified atom stereocenters.